The Morgan fingerprint density at radius 1 is 1.71 bits per heavy atom. The number of nitrogens with zero attached hydrogens (tertiary/aromatic N) is 1. The maximum Gasteiger partial charge on any atom is 0.409 e. The van der Waals surface area contributed by atoms with Crippen molar-refractivity contribution in [3.63, 3.8) is 0 Å². The zero-order chi connectivity index (χ0) is 9.92. The van der Waals surface area contributed by atoms with E-state index in [4.69, 9.17) is 0 Å². The zero-order valence-electron chi connectivity index (χ0n) is 8.10. The van der Waals surface area contributed by atoms with Crippen LogP contribution in [0, 0.1) is 11.3 Å². The molecule has 1 aliphatic heterocycles. The van der Waals surface area contributed by atoms with Crippen molar-refractivity contribution in [1.29, 1.82) is 0 Å². The molecule has 3 rings (SSSR count). The Labute approximate surface area is 83.2 Å². The summed E-state index contributed by atoms with van der Waals surface area (Å²) in [5.41, 5.74) is 1.15. The molecule has 3 aliphatic rings. The highest BCUT2D eigenvalue weighted by Crippen LogP contribution is 2.65. The maximum atomic E-state index is 11.3. The Morgan fingerprint density at radius 2 is 2.50 bits per heavy atom. The van der Waals surface area contributed by atoms with Crippen LogP contribution >= 0.6 is 0 Å². The summed E-state index contributed by atoms with van der Waals surface area (Å²) in [6, 6.07) is 0. The fourth-order valence-electron chi connectivity index (χ4n) is 2.77. The average molecular weight is 189 g/mol. The average Bonchev–Trinajstić information content (AvgIpc) is 2.73. The molecule has 1 N–H and O–H groups in total. The molecular weight excluding hydrogens is 177 g/mol. The maximum absolute atomic E-state index is 11.3. The molecule has 0 aromatic carbocycles. The molecule has 3 nitrogen and oxygen atoms in total. The van der Waals surface area contributed by atoms with Crippen LogP contribution in [0.1, 0.15) is 6.42 Å². The van der Waals surface area contributed by atoms with Gasteiger partial charge in [-0.25, -0.2) is 0 Å². The lowest BCUT2D eigenvalue weighted by atomic mass is 9.82. The predicted molar refractivity (Wildman–Crippen MR) is 53.3 cm³/mol. The van der Waals surface area contributed by atoms with Gasteiger partial charge in [0.05, 0.1) is 0 Å². The quantitative estimate of drug-likeness (QED) is 0.608. The summed E-state index contributed by atoms with van der Waals surface area (Å²) < 4.78 is 0. The molecule has 0 bridgehead atoms. The molecule has 1 unspecified atom stereocenters. The van der Waals surface area contributed by atoms with E-state index < -0.39 is 7.05 Å². The highest BCUT2D eigenvalue weighted by atomic mass is 16.2. The minimum atomic E-state index is -0.481. The van der Waals surface area contributed by atoms with E-state index in [0.29, 0.717) is 5.92 Å². The summed E-state index contributed by atoms with van der Waals surface area (Å²) in [6.45, 7) is 2.64. The van der Waals surface area contributed by atoms with E-state index in [1.165, 1.54) is 0 Å². The molecule has 4 heteroatoms. The van der Waals surface area contributed by atoms with Crippen LogP contribution < -0.4 is 0 Å². The van der Waals surface area contributed by atoms with E-state index in [0.717, 1.165) is 18.7 Å². The van der Waals surface area contributed by atoms with Gasteiger partial charge in [0.1, 0.15) is 0 Å². The Balaban J connectivity index is 2.02. The van der Waals surface area contributed by atoms with Gasteiger partial charge in [-0.2, -0.15) is 0 Å². The van der Waals surface area contributed by atoms with Crippen molar-refractivity contribution in [1.82, 2.24) is 4.81 Å². The number of rotatable bonds is 1. The Hall–Kier alpha value is -1.03. The summed E-state index contributed by atoms with van der Waals surface area (Å²) in [7, 11) is -0.481. The van der Waals surface area contributed by atoms with E-state index in [2.05, 4.69) is 0 Å². The van der Waals surface area contributed by atoms with E-state index in [-0.39, 0.29) is 11.2 Å². The first-order chi connectivity index (χ1) is 6.63. The molecule has 2 aliphatic carbocycles. The van der Waals surface area contributed by atoms with Crippen LogP contribution in [0.2, 0.25) is 6.82 Å². The molecule has 72 valence electrons. The largest absolute Gasteiger partial charge is 0.432 e. The lowest BCUT2D eigenvalue weighted by Crippen LogP contribution is -2.36. The van der Waals surface area contributed by atoms with Crippen molar-refractivity contribution in [2.75, 3.05) is 6.54 Å². The van der Waals surface area contributed by atoms with Crippen LogP contribution in [0.15, 0.2) is 23.9 Å². The lowest BCUT2D eigenvalue weighted by molar-refractivity contribution is -0.110. The fourth-order valence-corrected chi connectivity index (χ4v) is 2.77. The van der Waals surface area contributed by atoms with Crippen molar-refractivity contribution < 1.29 is 9.82 Å². The molecule has 14 heavy (non-hydrogen) atoms. The van der Waals surface area contributed by atoms with Gasteiger partial charge in [0.2, 0.25) is 0 Å². The second-order valence-corrected chi connectivity index (χ2v) is 4.49. The van der Waals surface area contributed by atoms with Crippen LogP contribution in [-0.2, 0) is 4.79 Å². The van der Waals surface area contributed by atoms with E-state index in [9.17, 15) is 9.82 Å². The van der Waals surface area contributed by atoms with Crippen molar-refractivity contribution in [2.24, 2.45) is 11.3 Å². The van der Waals surface area contributed by atoms with Crippen LogP contribution in [0.5, 0.6) is 0 Å². The number of ketones is 1. The van der Waals surface area contributed by atoms with Crippen molar-refractivity contribution >= 4 is 12.8 Å². The third-order valence-corrected chi connectivity index (χ3v) is 3.63. The number of carbonyl (C=O) groups is 1. The molecule has 0 radical (unpaired) electrons. The van der Waals surface area contributed by atoms with Crippen LogP contribution in [0.3, 0.4) is 0 Å². The second kappa shape index (κ2) is 2.31. The van der Waals surface area contributed by atoms with Gasteiger partial charge in [-0.3, -0.25) is 4.79 Å². The topological polar surface area (TPSA) is 40.5 Å². The molecule has 0 amide bonds. The standard InChI is InChI=1S/C10H12BNO2/c1-11(14)12-6-7-5-10(7)3-2-8(13)4-9(10)12/h2-4,7,14H,5-6H2,1H3/t7?,10-/m1/s1. The number of hydrogen-bond acceptors (Lipinski definition) is 3. The number of piperidine rings is 1. The first-order valence-electron chi connectivity index (χ1n) is 5.03. The zero-order valence-corrected chi connectivity index (χ0v) is 8.10. The highest BCUT2D eigenvalue weighted by molar-refractivity contribution is 6.46. The second-order valence-electron chi connectivity index (χ2n) is 4.49. The van der Waals surface area contributed by atoms with Crippen LogP contribution in [-0.4, -0.2) is 29.2 Å². The number of carbonyl (C=O) groups excluding carboxylic acids is 1. The van der Waals surface area contributed by atoms with Gasteiger partial charge in [-0.15, -0.1) is 0 Å². The monoisotopic (exact) mass is 189 g/mol. The predicted octanol–water partition coefficient (Wildman–Crippen LogP) is 0.441. The minimum absolute atomic E-state index is 0.0452. The van der Waals surface area contributed by atoms with Gasteiger partial charge in [-0.05, 0) is 25.2 Å². The minimum Gasteiger partial charge on any atom is -0.432 e. The summed E-state index contributed by atoms with van der Waals surface area (Å²) >= 11 is 0. The van der Waals surface area contributed by atoms with Gasteiger partial charge in [-0.1, -0.05) is 6.08 Å². The van der Waals surface area contributed by atoms with Gasteiger partial charge >= 0.3 is 7.05 Å². The smallest absolute Gasteiger partial charge is 0.409 e. The molecule has 0 aromatic heterocycles. The number of allylic oxidation sites excluding steroid dienone is 3. The molecule has 1 saturated carbocycles. The van der Waals surface area contributed by atoms with E-state index in [1.807, 2.05) is 10.9 Å². The van der Waals surface area contributed by atoms with Crippen molar-refractivity contribution in [3.05, 3.63) is 23.9 Å². The summed E-state index contributed by atoms with van der Waals surface area (Å²) in [4.78, 5) is 13.2. The van der Waals surface area contributed by atoms with Gasteiger partial charge in [0, 0.05) is 23.7 Å². The molecular formula is C10H12BNO2. The third kappa shape index (κ3) is 0.844. The summed E-state index contributed by atoms with van der Waals surface area (Å²) in [5.74, 6) is 0.663. The fraction of sp³-hybridized carbons (Fsp3) is 0.500. The summed E-state index contributed by atoms with van der Waals surface area (Å²) in [6.07, 6.45) is 6.51. The van der Waals surface area contributed by atoms with Gasteiger partial charge < -0.3 is 9.83 Å². The number of hydrogen-bond donors (Lipinski definition) is 1. The van der Waals surface area contributed by atoms with Crippen LogP contribution in [0.4, 0.5) is 0 Å². The Morgan fingerprint density at radius 3 is 3.21 bits per heavy atom. The lowest BCUT2D eigenvalue weighted by Gasteiger charge is -2.27. The third-order valence-electron chi connectivity index (χ3n) is 3.63. The Kier molecular flexibility index (Phi) is 1.37. The molecule has 2 fully saturated rings. The van der Waals surface area contributed by atoms with Crippen molar-refractivity contribution in [2.45, 2.75) is 13.2 Å². The molecule has 1 heterocycles. The van der Waals surface area contributed by atoms with Crippen LogP contribution in [0.25, 0.3) is 0 Å². The molecule has 2 atom stereocenters. The highest BCUT2D eigenvalue weighted by Gasteiger charge is 2.63. The normalized spacial score (nSPS) is 37.9. The van der Waals surface area contributed by atoms with Gasteiger partial charge in [0.15, 0.2) is 5.78 Å². The molecule has 0 aromatic rings. The molecule has 1 saturated heterocycles. The van der Waals surface area contributed by atoms with Gasteiger partial charge in [0.25, 0.3) is 0 Å². The van der Waals surface area contributed by atoms with E-state index >= 15 is 0 Å². The van der Waals surface area contributed by atoms with Crippen molar-refractivity contribution in [3.8, 4) is 0 Å². The SMILES string of the molecule is CB(O)N1CC2C[C@]23C=CC(=O)C=C13. The molecule has 1 spiro atoms. The van der Waals surface area contributed by atoms with E-state index in [1.54, 1.807) is 19.0 Å². The summed E-state index contributed by atoms with van der Waals surface area (Å²) in [5, 5.41) is 9.56. The first-order valence-corrected chi connectivity index (χ1v) is 5.03. The Bertz CT molecular complexity index is 374. The first kappa shape index (κ1) is 8.30.